The highest BCUT2D eigenvalue weighted by molar-refractivity contribution is 6.01. The third-order valence-corrected chi connectivity index (χ3v) is 5.68. The Morgan fingerprint density at radius 1 is 1.19 bits per heavy atom. The molecule has 1 aliphatic carbocycles. The molecule has 1 saturated heterocycles. The van der Waals surface area contributed by atoms with Gasteiger partial charge in [-0.2, -0.15) is 0 Å². The number of nitrogens with two attached hydrogens (primary N) is 1. The van der Waals surface area contributed by atoms with Crippen LogP contribution in [-0.2, 0) is 12.8 Å². The number of nitrogens with zero attached hydrogens (tertiary/aromatic N) is 1. The van der Waals surface area contributed by atoms with E-state index < -0.39 is 0 Å². The molecule has 0 saturated carbocycles. The van der Waals surface area contributed by atoms with Gasteiger partial charge in [-0.15, -0.1) is 12.4 Å². The van der Waals surface area contributed by atoms with Crippen LogP contribution in [-0.4, -0.2) is 32.1 Å². The minimum Gasteiger partial charge on any atom is -0.369 e. The number of anilines is 1. The molecule has 2 aromatic carbocycles. The van der Waals surface area contributed by atoms with E-state index in [-0.39, 0.29) is 18.3 Å². The highest BCUT2D eigenvalue weighted by Gasteiger charge is 2.29. The Hall–Kier alpha value is -2.04. The fourth-order valence-corrected chi connectivity index (χ4v) is 4.40. The van der Waals surface area contributed by atoms with E-state index in [1.807, 2.05) is 0 Å². The van der Waals surface area contributed by atoms with Crippen LogP contribution in [0.1, 0.15) is 46.8 Å². The van der Waals surface area contributed by atoms with Crippen molar-refractivity contribution in [2.75, 3.05) is 31.1 Å². The van der Waals surface area contributed by atoms with Crippen LogP contribution in [0.5, 0.6) is 0 Å². The summed E-state index contributed by atoms with van der Waals surface area (Å²) in [5.74, 6) is -0.280. The molecule has 0 radical (unpaired) electrons. The van der Waals surface area contributed by atoms with Gasteiger partial charge in [0.15, 0.2) is 0 Å². The van der Waals surface area contributed by atoms with E-state index in [9.17, 15) is 4.79 Å². The quantitative estimate of drug-likeness (QED) is 0.706. The molecule has 3 N–H and O–H groups in total. The fourth-order valence-electron chi connectivity index (χ4n) is 4.40. The maximum atomic E-state index is 12.5. The molecule has 0 bridgehead atoms. The summed E-state index contributed by atoms with van der Waals surface area (Å²) in [5, 5.41) is 3.42. The first-order valence-corrected chi connectivity index (χ1v) is 9.73. The van der Waals surface area contributed by atoms with Gasteiger partial charge in [-0.25, -0.2) is 0 Å². The number of amides is 1. The minimum absolute atomic E-state index is 0. The van der Waals surface area contributed by atoms with Crippen molar-refractivity contribution in [2.45, 2.75) is 32.6 Å². The molecule has 0 unspecified atom stereocenters. The maximum absolute atomic E-state index is 12.5. The maximum Gasteiger partial charge on any atom is 0.249 e. The lowest BCUT2D eigenvalue weighted by Gasteiger charge is -2.33. The molecule has 4 rings (SSSR count). The fraction of sp³-hybridized carbons (Fsp3) is 0.409. The van der Waals surface area contributed by atoms with Crippen molar-refractivity contribution >= 4 is 24.0 Å². The van der Waals surface area contributed by atoms with Crippen molar-refractivity contribution in [3.8, 4) is 11.1 Å². The molecule has 1 aliphatic heterocycles. The predicted molar refractivity (Wildman–Crippen MR) is 114 cm³/mol. The van der Waals surface area contributed by atoms with Gasteiger partial charge in [-0.05, 0) is 53.1 Å². The number of hydrogen-bond acceptors (Lipinski definition) is 3. The van der Waals surface area contributed by atoms with E-state index in [2.05, 4.69) is 47.5 Å². The average molecular weight is 386 g/mol. The van der Waals surface area contributed by atoms with Crippen molar-refractivity contribution in [3.63, 3.8) is 0 Å². The summed E-state index contributed by atoms with van der Waals surface area (Å²) < 4.78 is 0. The van der Waals surface area contributed by atoms with Crippen LogP contribution in [0.4, 0.5) is 5.69 Å². The first-order chi connectivity index (χ1) is 12.7. The van der Waals surface area contributed by atoms with Crippen LogP contribution in [0.15, 0.2) is 30.3 Å². The molecule has 144 valence electrons. The summed E-state index contributed by atoms with van der Waals surface area (Å²) in [7, 11) is 0. The van der Waals surface area contributed by atoms with Crippen LogP contribution in [0.3, 0.4) is 0 Å². The Morgan fingerprint density at radius 2 is 1.93 bits per heavy atom. The number of rotatable bonds is 5. The largest absolute Gasteiger partial charge is 0.369 e. The van der Waals surface area contributed by atoms with E-state index in [1.165, 1.54) is 22.4 Å². The van der Waals surface area contributed by atoms with E-state index in [1.54, 1.807) is 0 Å². The van der Waals surface area contributed by atoms with Crippen molar-refractivity contribution in [1.29, 1.82) is 0 Å². The van der Waals surface area contributed by atoms with Gasteiger partial charge in [0, 0.05) is 37.4 Å². The number of hydrogen-bond donors (Lipinski definition) is 2. The zero-order chi connectivity index (χ0) is 18.1. The number of carbonyl (C=O) groups excluding carboxylic acids is 1. The van der Waals surface area contributed by atoms with Crippen molar-refractivity contribution in [3.05, 3.63) is 52.6 Å². The van der Waals surface area contributed by atoms with Gasteiger partial charge in [-0.3, -0.25) is 4.79 Å². The van der Waals surface area contributed by atoms with Gasteiger partial charge >= 0.3 is 0 Å². The topological polar surface area (TPSA) is 58.4 Å². The zero-order valence-corrected chi connectivity index (χ0v) is 16.7. The van der Waals surface area contributed by atoms with Crippen LogP contribution < -0.4 is 16.0 Å². The van der Waals surface area contributed by atoms with Crippen LogP contribution in [0, 0.1) is 0 Å². The lowest BCUT2D eigenvalue weighted by Crippen LogP contribution is -2.44. The second-order valence-electron chi connectivity index (χ2n) is 7.31. The van der Waals surface area contributed by atoms with Crippen LogP contribution in [0.25, 0.3) is 11.1 Å². The molecular formula is C22H28ClN3O. The van der Waals surface area contributed by atoms with Crippen molar-refractivity contribution in [2.24, 2.45) is 5.73 Å². The highest BCUT2D eigenvalue weighted by Crippen LogP contribution is 2.43. The van der Waals surface area contributed by atoms with E-state index in [4.69, 9.17) is 5.73 Å². The Kier molecular flexibility index (Phi) is 6.08. The summed E-state index contributed by atoms with van der Waals surface area (Å²) >= 11 is 0. The van der Waals surface area contributed by atoms with Gasteiger partial charge in [0.25, 0.3) is 0 Å². The summed E-state index contributed by atoms with van der Waals surface area (Å²) in [4.78, 5) is 14.9. The smallest absolute Gasteiger partial charge is 0.249 e. The number of nitrogens with one attached hydrogen (secondary N) is 1. The van der Waals surface area contributed by atoms with Crippen molar-refractivity contribution < 1.29 is 4.79 Å². The van der Waals surface area contributed by atoms with Gasteiger partial charge in [-0.1, -0.05) is 37.6 Å². The summed E-state index contributed by atoms with van der Waals surface area (Å²) in [6.45, 7) is 6.09. The predicted octanol–water partition coefficient (Wildman–Crippen LogP) is 3.53. The Labute approximate surface area is 167 Å². The normalized spacial score (nSPS) is 15.1. The second-order valence-corrected chi connectivity index (χ2v) is 7.31. The third kappa shape index (κ3) is 3.56. The Morgan fingerprint density at radius 3 is 2.63 bits per heavy atom. The number of halogens is 1. The molecular weight excluding hydrogens is 358 g/mol. The Bertz CT molecular complexity index is 844. The SMILES string of the molecule is CCCCc1c(N2CCNCC2)cc2c(c1C(N)=O)Cc1ccccc1-2.Cl. The number of benzene rings is 2. The number of unbranched alkanes of at least 4 members (excludes halogenated alkanes) is 1. The number of fused-ring (bicyclic) bond motifs is 3. The molecule has 2 aliphatic rings. The molecule has 1 amide bonds. The lowest BCUT2D eigenvalue weighted by molar-refractivity contribution is 0.0998. The van der Waals surface area contributed by atoms with E-state index in [0.29, 0.717) is 0 Å². The summed E-state index contributed by atoms with van der Waals surface area (Å²) in [5.41, 5.74) is 13.9. The number of primary amides is 1. The van der Waals surface area contributed by atoms with Gasteiger partial charge in [0.1, 0.15) is 0 Å². The molecule has 1 fully saturated rings. The highest BCUT2D eigenvalue weighted by atomic mass is 35.5. The molecule has 0 atom stereocenters. The van der Waals surface area contributed by atoms with Gasteiger partial charge < -0.3 is 16.0 Å². The molecule has 2 aromatic rings. The molecule has 0 spiro atoms. The molecule has 4 nitrogen and oxygen atoms in total. The minimum atomic E-state index is -0.280. The lowest BCUT2D eigenvalue weighted by atomic mass is 9.90. The summed E-state index contributed by atoms with van der Waals surface area (Å²) in [6, 6.07) is 10.8. The molecule has 5 heteroatoms. The second kappa shape index (κ2) is 8.32. The zero-order valence-electron chi connectivity index (χ0n) is 15.9. The van der Waals surface area contributed by atoms with Crippen LogP contribution in [0.2, 0.25) is 0 Å². The van der Waals surface area contributed by atoms with Crippen molar-refractivity contribution in [1.82, 2.24) is 5.32 Å². The number of carbonyl (C=O) groups is 1. The first kappa shape index (κ1) is 19.7. The monoisotopic (exact) mass is 385 g/mol. The molecule has 27 heavy (non-hydrogen) atoms. The number of piperazine rings is 1. The van der Waals surface area contributed by atoms with E-state index in [0.717, 1.165) is 68.6 Å². The summed E-state index contributed by atoms with van der Waals surface area (Å²) in [6.07, 6.45) is 3.91. The van der Waals surface area contributed by atoms with Gasteiger partial charge in [0.2, 0.25) is 5.91 Å². The molecule has 1 heterocycles. The van der Waals surface area contributed by atoms with Gasteiger partial charge in [0.05, 0.1) is 0 Å². The first-order valence-electron chi connectivity index (χ1n) is 9.73. The van der Waals surface area contributed by atoms with Crippen LogP contribution >= 0.6 is 12.4 Å². The standard InChI is InChI=1S/C22H27N3O.ClH/c1-2-3-7-17-20(25-11-9-24-10-12-25)14-18-16-8-5-4-6-15(16)13-19(18)21(17)22(23)26;/h4-6,8,14,24H,2-3,7,9-13H2,1H3,(H2,23,26);1H. The average Bonchev–Trinajstić information content (AvgIpc) is 3.03. The molecule has 0 aromatic heterocycles. The Balaban J connectivity index is 0.00000210. The van der Waals surface area contributed by atoms with E-state index >= 15 is 0 Å². The third-order valence-electron chi connectivity index (χ3n) is 5.68.